The van der Waals surface area contributed by atoms with Crippen LogP contribution in [0.4, 0.5) is 14.5 Å². The highest BCUT2D eigenvalue weighted by Gasteiger charge is 2.16. The van der Waals surface area contributed by atoms with Crippen molar-refractivity contribution in [2.75, 3.05) is 5.32 Å². The zero-order valence-corrected chi connectivity index (χ0v) is 12.1. The summed E-state index contributed by atoms with van der Waals surface area (Å²) in [5.41, 5.74) is 0.726. The molecule has 0 aliphatic carbocycles. The largest absolute Gasteiger partial charge is 0.321 e. The first kappa shape index (κ1) is 15.3. The molecule has 4 nitrogen and oxygen atoms in total. The lowest BCUT2D eigenvalue weighted by Crippen LogP contribution is -2.15. The number of anilines is 1. The van der Waals surface area contributed by atoms with Gasteiger partial charge in [-0.1, -0.05) is 11.6 Å². The second-order valence-corrected chi connectivity index (χ2v) is 4.85. The Balaban J connectivity index is 2.25. The van der Waals surface area contributed by atoms with Gasteiger partial charge in [-0.25, -0.2) is 18.7 Å². The Morgan fingerprint density at radius 3 is 2.57 bits per heavy atom. The lowest BCUT2D eigenvalue weighted by atomic mass is 10.2. The molecule has 2 rings (SSSR count). The van der Waals surface area contributed by atoms with Crippen LogP contribution in [0.15, 0.2) is 24.3 Å². The molecule has 0 saturated heterocycles. The van der Waals surface area contributed by atoms with Crippen LogP contribution in [0.2, 0.25) is 5.02 Å². The molecule has 2 aromatic rings. The molecule has 0 unspecified atom stereocenters. The molecule has 1 heterocycles. The number of aromatic nitrogens is 2. The third-order valence-electron chi connectivity index (χ3n) is 2.73. The van der Waals surface area contributed by atoms with Gasteiger partial charge in [0.05, 0.1) is 0 Å². The number of carbonyl (C=O) groups is 1. The minimum absolute atomic E-state index is 0.106. The Hall–Kier alpha value is -2.08. The van der Waals surface area contributed by atoms with E-state index in [0.717, 1.165) is 11.6 Å². The zero-order valence-electron chi connectivity index (χ0n) is 11.3. The summed E-state index contributed by atoms with van der Waals surface area (Å²) in [7, 11) is 0. The molecule has 0 aliphatic rings. The van der Waals surface area contributed by atoms with Gasteiger partial charge in [-0.3, -0.25) is 4.79 Å². The predicted octanol–water partition coefficient (Wildman–Crippen LogP) is 3.94. The van der Waals surface area contributed by atoms with E-state index in [2.05, 4.69) is 15.3 Å². The summed E-state index contributed by atoms with van der Waals surface area (Å²) in [4.78, 5) is 19.5. The average Bonchev–Trinajstić information content (AvgIpc) is 2.42. The first-order chi connectivity index (χ1) is 9.86. The molecule has 1 aromatic heterocycles. The molecular formula is C14H12ClF2N3O. The quantitative estimate of drug-likeness (QED) is 0.934. The lowest BCUT2D eigenvalue weighted by Gasteiger charge is -2.08. The summed E-state index contributed by atoms with van der Waals surface area (Å²) < 4.78 is 25.4. The van der Waals surface area contributed by atoms with Crippen LogP contribution < -0.4 is 5.32 Å². The number of halogens is 3. The fraction of sp³-hybridized carbons (Fsp3) is 0.214. The third kappa shape index (κ3) is 3.72. The number of alkyl halides is 2. The van der Waals surface area contributed by atoms with Crippen molar-refractivity contribution in [3.05, 3.63) is 52.1 Å². The van der Waals surface area contributed by atoms with Gasteiger partial charge in [-0.15, -0.1) is 0 Å². The maximum Gasteiger partial charge on any atom is 0.280 e. The van der Waals surface area contributed by atoms with E-state index in [1.165, 1.54) is 6.92 Å². The van der Waals surface area contributed by atoms with Gasteiger partial charge >= 0.3 is 0 Å². The highest BCUT2D eigenvalue weighted by atomic mass is 35.5. The van der Waals surface area contributed by atoms with Gasteiger partial charge in [0.1, 0.15) is 17.2 Å². The molecule has 1 N–H and O–H groups in total. The third-order valence-corrected chi connectivity index (χ3v) is 3.15. The Morgan fingerprint density at radius 1 is 1.24 bits per heavy atom. The van der Waals surface area contributed by atoms with Crippen molar-refractivity contribution in [2.24, 2.45) is 0 Å². The molecule has 1 amide bonds. The first-order valence-electron chi connectivity index (χ1n) is 6.08. The topological polar surface area (TPSA) is 54.9 Å². The average molecular weight is 312 g/mol. The summed E-state index contributed by atoms with van der Waals surface area (Å²) in [6.07, 6.45) is -2.75. The van der Waals surface area contributed by atoms with Crippen molar-refractivity contribution in [1.82, 2.24) is 9.97 Å². The number of benzene rings is 1. The summed E-state index contributed by atoms with van der Waals surface area (Å²) in [5.74, 6) is -0.464. The highest BCUT2D eigenvalue weighted by Crippen LogP contribution is 2.21. The molecular weight excluding hydrogens is 300 g/mol. The normalized spacial score (nSPS) is 10.8. The molecule has 110 valence electrons. The number of hydrogen-bond donors (Lipinski definition) is 1. The molecule has 0 radical (unpaired) electrons. The molecule has 0 spiro atoms. The number of carbonyl (C=O) groups excluding carboxylic acids is 1. The van der Waals surface area contributed by atoms with Crippen LogP contribution >= 0.6 is 11.6 Å². The molecule has 0 bridgehead atoms. The summed E-state index contributed by atoms with van der Waals surface area (Å²) in [6.45, 7) is 3.25. The van der Waals surface area contributed by atoms with Crippen LogP contribution in [0.1, 0.15) is 34.0 Å². The summed E-state index contributed by atoms with van der Waals surface area (Å²) in [5, 5.41) is 3.16. The van der Waals surface area contributed by atoms with E-state index < -0.39 is 18.0 Å². The molecule has 1 aromatic carbocycles. The van der Waals surface area contributed by atoms with Crippen molar-refractivity contribution in [1.29, 1.82) is 0 Å². The molecule has 0 fully saturated rings. The van der Waals surface area contributed by atoms with Crippen LogP contribution in [-0.4, -0.2) is 15.9 Å². The summed E-state index contributed by atoms with van der Waals surface area (Å²) in [6, 6.07) is 5.93. The fourth-order valence-corrected chi connectivity index (χ4v) is 1.85. The smallest absolute Gasteiger partial charge is 0.280 e. The van der Waals surface area contributed by atoms with Crippen LogP contribution in [0.25, 0.3) is 0 Å². The maximum absolute atomic E-state index is 12.7. The second kappa shape index (κ2) is 6.13. The monoisotopic (exact) mass is 311 g/mol. The van der Waals surface area contributed by atoms with Crippen molar-refractivity contribution >= 4 is 23.2 Å². The Kier molecular flexibility index (Phi) is 4.47. The van der Waals surface area contributed by atoms with Crippen LogP contribution in [-0.2, 0) is 0 Å². The van der Waals surface area contributed by atoms with Crippen LogP contribution in [0, 0.1) is 13.8 Å². The molecule has 0 aliphatic heterocycles. The van der Waals surface area contributed by atoms with E-state index in [-0.39, 0.29) is 11.5 Å². The van der Waals surface area contributed by atoms with Gasteiger partial charge in [0.15, 0.2) is 0 Å². The van der Waals surface area contributed by atoms with Crippen molar-refractivity contribution in [2.45, 2.75) is 20.3 Å². The lowest BCUT2D eigenvalue weighted by molar-refractivity contribution is 0.102. The zero-order chi connectivity index (χ0) is 15.6. The van der Waals surface area contributed by atoms with E-state index in [4.69, 9.17) is 11.6 Å². The van der Waals surface area contributed by atoms with E-state index in [1.807, 2.05) is 0 Å². The second-order valence-electron chi connectivity index (χ2n) is 4.44. The Morgan fingerprint density at radius 2 is 1.95 bits per heavy atom. The number of nitrogens with zero attached hydrogens (tertiary/aromatic N) is 2. The fourth-order valence-electron chi connectivity index (χ4n) is 1.74. The van der Waals surface area contributed by atoms with Crippen molar-refractivity contribution in [3.8, 4) is 0 Å². The van der Waals surface area contributed by atoms with Crippen molar-refractivity contribution in [3.63, 3.8) is 0 Å². The van der Waals surface area contributed by atoms with Gasteiger partial charge < -0.3 is 5.32 Å². The van der Waals surface area contributed by atoms with Gasteiger partial charge in [-0.05, 0) is 43.7 Å². The number of amides is 1. The number of hydrogen-bond acceptors (Lipinski definition) is 3. The van der Waals surface area contributed by atoms with Gasteiger partial charge in [-0.2, -0.15) is 0 Å². The predicted molar refractivity (Wildman–Crippen MR) is 75.9 cm³/mol. The highest BCUT2D eigenvalue weighted by molar-refractivity contribution is 6.31. The Labute approximate surface area is 125 Å². The summed E-state index contributed by atoms with van der Waals surface area (Å²) >= 11 is 5.89. The van der Waals surface area contributed by atoms with Gasteiger partial charge in [0.2, 0.25) is 0 Å². The first-order valence-corrected chi connectivity index (χ1v) is 6.46. The molecule has 7 heteroatoms. The van der Waals surface area contributed by atoms with Crippen LogP contribution in [0.3, 0.4) is 0 Å². The Bertz CT molecular complexity index is 692. The molecule has 21 heavy (non-hydrogen) atoms. The van der Waals surface area contributed by atoms with E-state index in [0.29, 0.717) is 10.7 Å². The standard InChI is InChI=1S/C14H12ClF2N3O/c1-7-5-9(3-4-10(7)15)20-14(21)12-6-11(13(16)17)18-8(2)19-12/h3-6,13H,1-2H3,(H,20,21). The SMILES string of the molecule is Cc1nc(C(=O)Nc2ccc(Cl)c(C)c2)cc(C(F)F)n1. The van der Waals surface area contributed by atoms with E-state index in [1.54, 1.807) is 25.1 Å². The molecule has 0 atom stereocenters. The van der Waals surface area contributed by atoms with Gasteiger partial charge in [0.25, 0.3) is 12.3 Å². The minimum Gasteiger partial charge on any atom is -0.321 e. The van der Waals surface area contributed by atoms with E-state index >= 15 is 0 Å². The van der Waals surface area contributed by atoms with Crippen LogP contribution in [0.5, 0.6) is 0 Å². The van der Waals surface area contributed by atoms with E-state index in [9.17, 15) is 13.6 Å². The maximum atomic E-state index is 12.7. The minimum atomic E-state index is -2.75. The number of aryl methyl sites for hydroxylation is 2. The van der Waals surface area contributed by atoms with Crippen molar-refractivity contribution < 1.29 is 13.6 Å². The molecule has 0 saturated carbocycles. The number of rotatable bonds is 3. The number of nitrogens with one attached hydrogen (secondary N) is 1. The van der Waals surface area contributed by atoms with Gasteiger partial charge in [0, 0.05) is 10.7 Å².